The third-order valence-electron chi connectivity index (χ3n) is 5.49. The highest BCUT2D eigenvalue weighted by Crippen LogP contribution is 2.27. The van der Waals surface area contributed by atoms with Crippen LogP contribution in [0.1, 0.15) is 41.4 Å². The van der Waals surface area contributed by atoms with Gasteiger partial charge in [0.25, 0.3) is 0 Å². The van der Waals surface area contributed by atoms with Gasteiger partial charge in [0.05, 0.1) is 7.05 Å². The third-order valence-corrected chi connectivity index (χ3v) is 5.49. The molecule has 1 aliphatic carbocycles. The summed E-state index contributed by atoms with van der Waals surface area (Å²) in [6, 6.07) is 17.3. The van der Waals surface area contributed by atoms with E-state index in [0.29, 0.717) is 24.4 Å². The number of nitrogens with zero attached hydrogens (tertiary/aromatic N) is 3. The van der Waals surface area contributed by atoms with Crippen molar-refractivity contribution in [3.05, 3.63) is 71.0 Å². The van der Waals surface area contributed by atoms with Gasteiger partial charge in [0.15, 0.2) is 5.82 Å². The summed E-state index contributed by atoms with van der Waals surface area (Å²) in [4.78, 5) is 14.6. The zero-order valence-corrected chi connectivity index (χ0v) is 16.4. The van der Waals surface area contributed by atoms with Crippen LogP contribution in [0.5, 0.6) is 0 Å². The van der Waals surface area contributed by atoms with Crippen molar-refractivity contribution in [3.63, 3.8) is 0 Å². The first kappa shape index (κ1) is 18.4. The molecule has 0 bridgehead atoms. The minimum atomic E-state index is 0.248. The summed E-state index contributed by atoms with van der Waals surface area (Å²) in [5, 5.41) is 3.27. The van der Waals surface area contributed by atoms with Gasteiger partial charge in [-0.3, -0.25) is 0 Å². The second-order valence-corrected chi connectivity index (χ2v) is 7.54. The van der Waals surface area contributed by atoms with Crippen molar-refractivity contribution in [2.75, 3.05) is 18.1 Å². The molecule has 1 aromatic heterocycles. The number of nitrogen functional groups attached to an aromatic ring is 1. The molecule has 2 atom stereocenters. The Hall–Kier alpha value is -2.99. The zero-order chi connectivity index (χ0) is 19.5. The Labute approximate surface area is 165 Å². The number of fused-ring (bicyclic) bond motifs is 1. The molecule has 0 aliphatic heterocycles. The Morgan fingerprint density at radius 3 is 2.71 bits per heavy atom. The molecular weight excluding hydrogens is 348 g/mol. The molecule has 6 heteroatoms. The highest BCUT2D eigenvalue weighted by atomic mass is 15.2. The van der Waals surface area contributed by atoms with Crippen molar-refractivity contribution in [1.82, 2.24) is 15.0 Å². The number of quaternary nitrogens is 1. The second-order valence-electron chi connectivity index (χ2n) is 7.54. The molecule has 144 valence electrons. The monoisotopic (exact) mass is 375 g/mol. The molecule has 1 aliphatic rings. The third kappa shape index (κ3) is 3.97. The van der Waals surface area contributed by atoms with Crippen LogP contribution >= 0.6 is 0 Å². The smallest absolute Gasteiger partial charge is 0.232 e. The average molecular weight is 376 g/mol. The standard InChI is InChI=1S/C22H26N6/c1-15-8-3-6-12-18(15)24-22-26-20(25-21(23)27-22)14-28(2)19-13-7-10-16-9-4-5-11-17(16)19/h3-6,8-9,11-12,19H,7,10,13-14H2,1-2H3,(H3,23,24,25,26,27)/p+1/t19-/m0/s1. The zero-order valence-electron chi connectivity index (χ0n) is 16.4. The molecule has 0 fully saturated rings. The van der Waals surface area contributed by atoms with Crippen LogP contribution in [0.25, 0.3) is 0 Å². The Balaban J connectivity index is 1.54. The number of benzene rings is 2. The van der Waals surface area contributed by atoms with Gasteiger partial charge in [-0.1, -0.05) is 42.5 Å². The van der Waals surface area contributed by atoms with E-state index in [4.69, 9.17) is 5.73 Å². The van der Waals surface area contributed by atoms with E-state index in [1.807, 2.05) is 31.2 Å². The van der Waals surface area contributed by atoms with Crippen LogP contribution in [-0.2, 0) is 13.0 Å². The van der Waals surface area contributed by atoms with E-state index in [-0.39, 0.29) is 5.95 Å². The van der Waals surface area contributed by atoms with Gasteiger partial charge < -0.3 is 16.0 Å². The van der Waals surface area contributed by atoms with E-state index in [1.54, 1.807) is 0 Å². The number of hydrogen-bond donors (Lipinski definition) is 3. The van der Waals surface area contributed by atoms with Crippen LogP contribution in [0.3, 0.4) is 0 Å². The van der Waals surface area contributed by atoms with E-state index in [1.165, 1.54) is 35.3 Å². The summed E-state index contributed by atoms with van der Waals surface area (Å²) < 4.78 is 0. The first-order valence-corrected chi connectivity index (χ1v) is 9.83. The first-order chi connectivity index (χ1) is 13.6. The van der Waals surface area contributed by atoms with Crippen LogP contribution in [0, 0.1) is 6.92 Å². The fourth-order valence-corrected chi connectivity index (χ4v) is 4.04. The highest BCUT2D eigenvalue weighted by molar-refractivity contribution is 5.58. The molecule has 4 N–H and O–H groups in total. The van der Waals surface area contributed by atoms with Crippen LogP contribution in [0.4, 0.5) is 17.6 Å². The summed E-state index contributed by atoms with van der Waals surface area (Å²) in [6.07, 6.45) is 3.57. The second kappa shape index (κ2) is 7.94. The largest absolute Gasteiger partial charge is 0.368 e. The maximum atomic E-state index is 5.97. The van der Waals surface area contributed by atoms with Crippen LogP contribution in [0.15, 0.2) is 48.5 Å². The first-order valence-electron chi connectivity index (χ1n) is 9.83. The van der Waals surface area contributed by atoms with Crippen LogP contribution < -0.4 is 16.0 Å². The molecule has 1 heterocycles. The van der Waals surface area contributed by atoms with E-state index in [2.05, 4.69) is 51.6 Å². The highest BCUT2D eigenvalue weighted by Gasteiger charge is 2.27. The Kier molecular flexibility index (Phi) is 5.21. The molecule has 0 spiro atoms. The van der Waals surface area contributed by atoms with Gasteiger partial charge in [-0.15, -0.1) is 0 Å². The normalized spacial score (nSPS) is 17.0. The van der Waals surface area contributed by atoms with Gasteiger partial charge in [-0.25, -0.2) is 0 Å². The average Bonchev–Trinajstić information content (AvgIpc) is 2.69. The summed E-state index contributed by atoms with van der Waals surface area (Å²) in [5.74, 6) is 1.45. The summed E-state index contributed by atoms with van der Waals surface area (Å²) in [6.45, 7) is 2.75. The molecule has 0 radical (unpaired) electrons. The Morgan fingerprint density at radius 2 is 1.86 bits per heavy atom. The lowest BCUT2D eigenvalue weighted by molar-refractivity contribution is -0.927. The van der Waals surface area contributed by atoms with Gasteiger partial charge in [0, 0.05) is 17.7 Å². The number of para-hydroxylation sites is 1. The van der Waals surface area contributed by atoms with Gasteiger partial charge >= 0.3 is 0 Å². The molecule has 3 aromatic rings. The Morgan fingerprint density at radius 1 is 1.07 bits per heavy atom. The van der Waals surface area contributed by atoms with Gasteiger partial charge in [-0.05, 0) is 37.0 Å². The van der Waals surface area contributed by atoms with Crippen molar-refractivity contribution in [3.8, 4) is 0 Å². The number of hydrogen-bond acceptors (Lipinski definition) is 5. The van der Waals surface area contributed by atoms with Gasteiger partial charge in [0.1, 0.15) is 12.6 Å². The molecule has 1 unspecified atom stereocenters. The molecule has 28 heavy (non-hydrogen) atoms. The molecule has 0 saturated carbocycles. The predicted octanol–water partition coefficient (Wildman–Crippen LogP) is 2.60. The van der Waals surface area contributed by atoms with Gasteiger partial charge in [0.2, 0.25) is 11.9 Å². The number of nitrogens with one attached hydrogen (secondary N) is 2. The lowest BCUT2D eigenvalue weighted by Gasteiger charge is -2.30. The maximum absolute atomic E-state index is 5.97. The number of nitrogens with two attached hydrogens (primary N) is 1. The minimum absolute atomic E-state index is 0.248. The van der Waals surface area contributed by atoms with Crippen molar-refractivity contribution in [2.45, 2.75) is 38.8 Å². The molecule has 0 saturated heterocycles. The number of aryl methyl sites for hydroxylation is 2. The molecule has 0 amide bonds. The fraction of sp³-hybridized carbons (Fsp3) is 0.318. The van der Waals surface area contributed by atoms with Crippen molar-refractivity contribution < 1.29 is 4.90 Å². The molecule has 6 nitrogen and oxygen atoms in total. The molecular formula is C22H27N6+. The van der Waals surface area contributed by atoms with Crippen molar-refractivity contribution in [1.29, 1.82) is 0 Å². The quantitative estimate of drug-likeness (QED) is 0.639. The Bertz CT molecular complexity index is 971. The van der Waals surface area contributed by atoms with E-state index >= 15 is 0 Å². The fourth-order valence-electron chi connectivity index (χ4n) is 4.04. The molecule has 4 rings (SSSR count). The van der Waals surface area contributed by atoms with E-state index in [0.717, 1.165) is 11.3 Å². The van der Waals surface area contributed by atoms with Crippen molar-refractivity contribution >= 4 is 17.6 Å². The predicted molar refractivity (Wildman–Crippen MR) is 111 cm³/mol. The lowest BCUT2D eigenvalue weighted by Crippen LogP contribution is -3.08. The SMILES string of the molecule is Cc1ccccc1Nc1nc(N)nc(C[NH+](C)[C@H]2CCCc3ccccc32)n1. The molecule has 2 aromatic carbocycles. The van der Waals surface area contributed by atoms with E-state index < -0.39 is 0 Å². The minimum Gasteiger partial charge on any atom is -0.368 e. The van der Waals surface area contributed by atoms with E-state index in [9.17, 15) is 0 Å². The summed E-state index contributed by atoms with van der Waals surface area (Å²) in [5.41, 5.74) is 11.0. The van der Waals surface area contributed by atoms with Crippen molar-refractivity contribution in [2.24, 2.45) is 0 Å². The number of rotatable bonds is 5. The van der Waals surface area contributed by atoms with Crippen LogP contribution in [-0.4, -0.2) is 22.0 Å². The van der Waals surface area contributed by atoms with Crippen LogP contribution in [0.2, 0.25) is 0 Å². The summed E-state index contributed by atoms with van der Waals surface area (Å²) in [7, 11) is 2.21. The summed E-state index contributed by atoms with van der Waals surface area (Å²) >= 11 is 0. The van der Waals surface area contributed by atoms with Gasteiger partial charge in [-0.2, -0.15) is 15.0 Å². The number of anilines is 3. The maximum Gasteiger partial charge on any atom is 0.232 e. The number of aromatic nitrogens is 3. The lowest BCUT2D eigenvalue weighted by atomic mass is 9.87. The topological polar surface area (TPSA) is 81.2 Å².